The first-order valence-electron chi connectivity index (χ1n) is 7.74. The smallest absolute Gasteiger partial charge is 0.339 e. The Balaban J connectivity index is 1.71. The monoisotopic (exact) mass is 430 g/mol. The van der Waals surface area contributed by atoms with Gasteiger partial charge in [0.05, 0.1) is 30.5 Å². The van der Waals surface area contributed by atoms with E-state index in [4.69, 9.17) is 4.74 Å². The van der Waals surface area contributed by atoms with Crippen LogP contribution in [0.2, 0.25) is 0 Å². The molecule has 2 aromatic carbocycles. The van der Waals surface area contributed by atoms with E-state index in [1.165, 1.54) is 18.4 Å². The van der Waals surface area contributed by atoms with Gasteiger partial charge in [-0.3, -0.25) is 4.79 Å². The lowest BCUT2D eigenvalue weighted by Gasteiger charge is -2.08. The molecule has 1 amide bonds. The standard InChI is InChI=1S/C19H15BrN2O3S/c1-25-19(24)15-7-2-3-8-16(15)22-17(23)10-14-11-26-18(21-14)12-5-4-6-13(20)9-12/h2-9,11H,10H2,1H3,(H,22,23). The third-order valence-corrected chi connectivity index (χ3v) is 5.00. The van der Waals surface area contributed by atoms with Crippen LogP contribution in [0.1, 0.15) is 16.1 Å². The second kappa shape index (κ2) is 8.25. The predicted octanol–water partition coefficient (Wildman–Crippen LogP) is 4.54. The molecule has 1 N–H and O–H groups in total. The Morgan fingerprint density at radius 3 is 2.77 bits per heavy atom. The van der Waals surface area contributed by atoms with Crippen LogP contribution in [-0.2, 0) is 16.0 Å². The van der Waals surface area contributed by atoms with Crippen molar-refractivity contribution in [3.8, 4) is 10.6 Å². The minimum Gasteiger partial charge on any atom is -0.465 e. The molecule has 1 heterocycles. The van der Waals surface area contributed by atoms with Crippen LogP contribution in [0.4, 0.5) is 5.69 Å². The fourth-order valence-corrected chi connectivity index (χ4v) is 3.60. The molecule has 0 spiro atoms. The molecule has 5 nitrogen and oxygen atoms in total. The van der Waals surface area contributed by atoms with Crippen molar-refractivity contribution in [3.05, 3.63) is 69.6 Å². The molecule has 0 aliphatic heterocycles. The maximum atomic E-state index is 12.3. The van der Waals surface area contributed by atoms with Crippen molar-refractivity contribution >= 4 is 44.8 Å². The highest BCUT2D eigenvalue weighted by Crippen LogP contribution is 2.26. The van der Waals surface area contributed by atoms with Gasteiger partial charge in [0.1, 0.15) is 5.01 Å². The highest BCUT2D eigenvalue weighted by Gasteiger charge is 2.14. The number of carbonyl (C=O) groups is 2. The normalized spacial score (nSPS) is 10.4. The molecule has 1 aromatic heterocycles. The van der Waals surface area contributed by atoms with Crippen LogP contribution in [0.25, 0.3) is 10.6 Å². The quantitative estimate of drug-likeness (QED) is 0.603. The second-order valence-corrected chi connectivity index (χ2v) is 7.19. The van der Waals surface area contributed by atoms with Crippen molar-refractivity contribution in [2.24, 2.45) is 0 Å². The Labute approximate surface area is 163 Å². The molecule has 0 aliphatic carbocycles. The highest BCUT2D eigenvalue weighted by atomic mass is 79.9. The molecule has 0 bridgehead atoms. The maximum Gasteiger partial charge on any atom is 0.339 e. The number of methoxy groups -OCH3 is 1. The van der Waals surface area contributed by atoms with Gasteiger partial charge in [0.25, 0.3) is 0 Å². The topological polar surface area (TPSA) is 68.3 Å². The third-order valence-electron chi connectivity index (χ3n) is 3.57. The SMILES string of the molecule is COC(=O)c1ccccc1NC(=O)Cc1csc(-c2cccc(Br)c2)n1. The maximum absolute atomic E-state index is 12.3. The molecule has 0 fully saturated rings. The number of benzene rings is 2. The first-order chi connectivity index (χ1) is 12.6. The van der Waals surface area contributed by atoms with Gasteiger partial charge < -0.3 is 10.1 Å². The number of aromatic nitrogens is 1. The van der Waals surface area contributed by atoms with Crippen molar-refractivity contribution in [1.82, 2.24) is 4.98 Å². The molecule has 3 rings (SSSR count). The van der Waals surface area contributed by atoms with Crippen LogP contribution in [0.3, 0.4) is 0 Å². The van der Waals surface area contributed by atoms with E-state index in [1.54, 1.807) is 24.3 Å². The summed E-state index contributed by atoms with van der Waals surface area (Å²) in [5, 5.41) is 5.46. The minimum absolute atomic E-state index is 0.125. The van der Waals surface area contributed by atoms with E-state index in [9.17, 15) is 9.59 Å². The number of esters is 1. The predicted molar refractivity (Wildman–Crippen MR) is 105 cm³/mol. The fraction of sp³-hybridized carbons (Fsp3) is 0.105. The number of rotatable bonds is 5. The Morgan fingerprint density at radius 2 is 2.00 bits per heavy atom. The van der Waals surface area contributed by atoms with E-state index in [2.05, 4.69) is 26.2 Å². The van der Waals surface area contributed by atoms with Gasteiger partial charge in [-0.2, -0.15) is 0 Å². The molecule has 0 unspecified atom stereocenters. The molecular weight excluding hydrogens is 416 g/mol. The van der Waals surface area contributed by atoms with E-state index in [-0.39, 0.29) is 12.3 Å². The summed E-state index contributed by atoms with van der Waals surface area (Å²) in [6.07, 6.45) is 0.125. The van der Waals surface area contributed by atoms with Crippen LogP contribution in [0, 0.1) is 0 Å². The first kappa shape index (κ1) is 18.3. The number of thiazole rings is 1. The van der Waals surface area contributed by atoms with Crippen molar-refractivity contribution in [3.63, 3.8) is 0 Å². The zero-order valence-corrected chi connectivity index (χ0v) is 16.3. The summed E-state index contributed by atoms with van der Waals surface area (Å²) in [5.74, 6) is -0.737. The van der Waals surface area contributed by atoms with E-state index in [1.807, 2.05) is 29.6 Å². The van der Waals surface area contributed by atoms with Crippen molar-refractivity contribution in [2.45, 2.75) is 6.42 Å². The molecule has 0 saturated carbocycles. The number of halogens is 1. The summed E-state index contributed by atoms with van der Waals surface area (Å²) in [7, 11) is 1.31. The van der Waals surface area contributed by atoms with E-state index in [0.717, 1.165) is 15.0 Å². The van der Waals surface area contributed by atoms with Gasteiger partial charge in [0.15, 0.2) is 0 Å². The van der Waals surface area contributed by atoms with Crippen LogP contribution in [-0.4, -0.2) is 24.0 Å². The van der Waals surface area contributed by atoms with Gasteiger partial charge in [-0.05, 0) is 24.3 Å². The van der Waals surface area contributed by atoms with Gasteiger partial charge in [0, 0.05) is 15.4 Å². The molecule has 0 radical (unpaired) electrons. The second-order valence-electron chi connectivity index (χ2n) is 5.42. The lowest BCUT2D eigenvalue weighted by molar-refractivity contribution is -0.115. The Kier molecular flexibility index (Phi) is 5.80. The van der Waals surface area contributed by atoms with Gasteiger partial charge >= 0.3 is 5.97 Å². The summed E-state index contributed by atoms with van der Waals surface area (Å²) in [5.41, 5.74) is 2.41. The lowest BCUT2D eigenvalue weighted by atomic mass is 10.1. The number of nitrogens with zero attached hydrogens (tertiary/aromatic N) is 1. The number of hydrogen-bond donors (Lipinski definition) is 1. The Morgan fingerprint density at radius 1 is 1.19 bits per heavy atom. The summed E-state index contributed by atoms with van der Waals surface area (Å²) in [6, 6.07) is 14.6. The minimum atomic E-state index is -0.494. The van der Waals surface area contributed by atoms with E-state index < -0.39 is 5.97 Å². The number of carbonyl (C=O) groups excluding carboxylic acids is 2. The third kappa shape index (κ3) is 4.36. The fourth-order valence-electron chi connectivity index (χ4n) is 2.38. The van der Waals surface area contributed by atoms with Gasteiger partial charge in [-0.1, -0.05) is 40.2 Å². The summed E-state index contributed by atoms with van der Waals surface area (Å²) in [4.78, 5) is 28.6. The Hall–Kier alpha value is -2.51. The summed E-state index contributed by atoms with van der Waals surface area (Å²) < 4.78 is 5.71. The van der Waals surface area contributed by atoms with Crippen LogP contribution < -0.4 is 5.32 Å². The van der Waals surface area contributed by atoms with Crippen LogP contribution >= 0.6 is 27.3 Å². The van der Waals surface area contributed by atoms with Gasteiger partial charge in [-0.15, -0.1) is 11.3 Å². The largest absolute Gasteiger partial charge is 0.465 e. The molecule has 132 valence electrons. The number of anilines is 1. The molecule has 7 heteroatoms. The first-order valence-corrected chi connectivity index (χ1v) is 9.41. The summed E-state index contributed by atoms with van der Waals surface area (Å²) >= 11 is 4.93. The molecular formula is C19H15BrN2O3S. The zero-order valence-electron chi connectivity index (χ0n) is 13.9. The van der Waals surface area contributed by atoms with Crippen LogP contribution in [0.15, 0.2) is 58.4 Å². The molecule has 3 aromatic rings. The Bertz CT molecular complexity index is 955. The van der Waals surface area contributed by atoms with E-state index >= 15 is 0 Å². The van der Waals surface area contributed by atoms with Crippen molar-refractivity contribution in [2.75, 3.05) is 12.4 Å². The lowest BCUT2D eigenvalue weighted by Crippen LogP contribution is -2.17. The molecule has 0 atom stereocenters. The average Bonchev–Trinajstić information content (AvgIpc) is 3.10. The van der Waals surface area contributed by atoms with Gasteiger partial charge in [0.2, 0.25) is 5.91 Å². The van der Waals surface area contributed by atoms with Crippen molar-refractivity contribution < 1.29 is 14.3 Å². The van der Waals surface area contributed by atoms with Gasteiger partial charge in [-0.25, -0.2) is 9.78 Å². The molecule has 0 aliphatic rings. The highest BCUT2D eigenvalue weighted by molar-refractivity contribution is 9.10. The zero-order chi connectivity index (χ0) is 18.5. The van der Waals surface area contributed by atoms with Crippen molar-refractivity contribution in [1.29, 1.82) is 0 Å². The summed E-state index contributed by atoms with van der Waals surface area (Å²) in [6.45, 7) is 0. The molecule has 26 heavy (non-hydrogen) atoms. The van der Waals surface area contributed by atoms with Crippen LogP contribution in [0.5, 0.6) is 0 Å². The number of amides is 1. The number of hydrogen-bond acceptors (Lipinski definition) is 5. The number of ether oxygens (including phenoxy) is 1. The molecule has 0 saturated heterocycles. The van der Waals surface area contributed by atoms with E-state index in [0.29, 0.717) is 16.9 Å². The average molecular weight is 431 g/mol. The number of para-hydroxylation sites is 1. The number of nitrogens with one attached hydrogen (secondary N) is 1.